The maximum Gasteiger partial charge on any atom is 0.0551 e. The molecule has 160 valence electrons. The summed E-state index contributed by atoms with van der Waals surface area (Å²) in [6, 6.07) is 0. The molecule has 0 amide bonds. The van der Waals surface area contributed by atoms with E-state index in [1.807, 2.05) is 0 Å². The Bertz CT molecular complexity index is 832. The highest BCUT2D eigenvalue weighted by Crippen LogP contribution is 2.65. The van der Waals surface area contributed by atoms with Crippen molar-refractivity contribution < 1.29 is 0 Å². The van der Waals surface area contributed by atoms with E-state index in [0.29, 0.717) is 0 Å². The van der Waals surface area contributed by atoms with E-state index < -0.39 is 8.07 Å². The highest BCUT2D eigenvalue weighted by atomic mass is 28.3. The molecule has 0 aromatic heterocycles. The van der Waals surface area contributed by atoms with Crippen LogP contribution in [-0.4, -0.2) is 8.07 Å². The molecule has 2 fully saturated rings. The molecule has 0 nitrogen and oxygen atoms in total. The zero-order valence-electron chi connectivity index (χ0n) is 20.7. The van der Waals surface area contributed by atoms with Crippen LogP contribution in [0.25, 0.3) is 0 Å². The third-order valence-corrected chi connectivity index (χ3v) is 15.8. The number of fused-ring (bicyclic) bond motifs is 2. The van der Waals surface area contributed by atoms with Gasteiger partial charge in [-0.05, 0) is 106 Å². The number of allylic oxidation sites excluding steroid dienone is 8. The second-order valence-electron chi connectivity index (χ2n) is 11.9. The maximum atomic E-state index is 2.79. The van der Waals surface area contributed by atoms with Crippen molar-refractivity contribution in [3.8, 4) is 0 Å². The summed E-state index contributed by atoms with van der Waals surface area (Å²) in [4.78, 5) is 0. The van der Waals surface area contributed by atoms with Gasteiger partial charge in [0.25, 0.3) is 0 Å². The van der Waals surface area contributed by atoms with E-state index in [2.05, 4.69) is 80.6 Å². The van der Waals surface area contributed by atoms with Crippen molar-refractivity contribution in [3.05, 3.63) is 45.6 Å². The molecule has 0 saturated heterocycles. The van der Waals surface area contributed by atoms with Crippen LogP contribution in [0, 0.1) is 35.5 Å². The summed E-state index contributed by atoms with van der Waals surface area (Å²) < 4.78 is 0. The molecule has 0 aliphatic heterocycles. The van der Waals surface area contributed by atoms with E-state index in [1.54, 1.807) is 33.4 Å². The normalized spacial score (nSPS) is 42.7. The molecule has 29 heavy (non-hydrogen) atoms. The fraction of sp³-hybridized carbons (Fsp3) is 0.714. The van der Waals surface area contributed by atoms with Crippen LogP contribution in [0.4, 0.5) is 0 Å². The van der Waals surface area contributed by atoms with Crippen molar-refractivity contribution in [3.63, 3.8) is 0 Å². The molecular weight excluding hydrogens is 364 g/mol. The van der Waals surface area contributed by atoms with Crippen LogP contribution in [0.2, 0.25) is 24.2 Å². The van der Waals surface area contributed by atoms with Gasteiger partial charge in [-0.1, -0.05) is 67.8 Å². The largest absolute Gasteiger partial charge is 0.0696 e. The zero-order chi connectivity index (χ0) is 21.4. The van der Waals surface area contributed by atoms with Gasteiger partial charge in [-0.2, -0.15) is 0 Å². The lowest BCUT2D eigenvalue weighted by molar-refractivity contribution is 0.374. The lowest BCUT2D eigenvalue weighted by Gasteiger charge is -2.47. The standard InChI is InChI=1S/C28H44Si/c1-15-11-12-16(2)26-25(15)21(7)22(8)28(26)29(9,10)24-14-13-23-19(5)17(3)18(4)20(6)27(23)24/h11-12,21-28H,13-14H2,1-10H3/t21-,22?,23-,24?,25?,26?,27?,28?/m1/s1. The predicted molar refractivity (Wildman–Crippen MR) is 131 cm³/mol. The van der Waals surface area contributed by atoms with Gasteiger partial charge in [0.15, 0.2) is 0 Å². The van der Waals surface area contributed by atoms with Crippen LogP contribution < -0.4 is 0 Å². The highest BCUT2D eigenvalue weighted by molar-refractivity contribution is 6.80. The number of hydrogen-bond donors (Lipinski definition) is 0. The molecule has 0 heterocycles. The SMILES string of the molecule is CC1=CC=C(C)C2C1C([Si](C)(C)C1CC[C@@H]3C(C)=C(C)C(C)=C(C)C13)C(C)[C@H]2C. The van der Waals surface area contributed by atoms with Crippen LogP contribution in [-0.2, 0) is 0 Å². The Kier molecular flexibility index (Phi) is 5.25. The van der Waals surface area contributed by atoms with Gasteiger partial charge in [-0.15, -0.1) is 0 Å². The monoisotopic (exact) mass is 408 g/mol. The Morgan fingerprint density at radius 2 is 1.24 bits per heavy atom. The Labute approximate surface area is 181 Å². The third-order valence-electron chi connectivity index (χ3n) is 10.7. The van der Waals surface area contributed by atoms with Crippen LogP contribution in [0.3, 0.4) is 0 Å². The van der Waals surface area contributed by atoms with E-state index in [-0.39, 0.29) is 0 Å². The summed E-state index contributed by atoms with van der Waals surface area (Å²) in [5.74, 6) is 4.91. The average Bonchev–Trinajstić information content (AvgIpc) is 3.23. The van der Waals surface area contributed by atoms with Gasteiger partial charge < -0.3 is 0 Å². The zero-order valence-corrected chi connectivity index (χ0v) is 21.7. The van der Waals surface area contributed by atoms with Crippen LogP contribution in [0.5, 0.6) is 0 Å². The van der Waals surface area contributed by atoms with Crippen molar-refractivity contribution in [1.29, 1.82) is 0 Å². The van der Waals surface area contributed by atoms with Gasteiger partial charge in [-0.3, -0.25) is 0 Å². The van der Waals surface area contributed by atoms with Crippen LogP contribution in [0.15, 0.2) is 45.6 Å². The molecule has 0 spiro atoms. The smallest absolute Gasteiger partial charge is 0.0551 e. The van der Waals surface area contributed by atoms with E-state index in [9.17, 15) is 0 Å². The topological polar surface area (TPSA) is 0 Å². The minimum Gasteiger partial charge on any atom is -0.0696 e. The molecule has 4 aliphatic rings. The van der Waals surface area contributed by atoms with Crippen molar-refractivity contribution in [2.45, 2.75) is 92.4 Å². The predicted octanol–water partition coefficient (Wildman–Crippen LogP) is 8.57. The number of hydrogen-bond acceptors (Lipinski definition) is 0. The molecule has 0 aromatic rings. The lowest BCUT2D eigenvalue weighted by atomic mass is 9.75. The first kappa shape index (κ1) is 21.4. The first-order valence-electron chi connectivity index (χ1n) is 12.2. The van der Waals surface area contributed by atoms with Gasteiger partial charge in [-0.25, -0.2) is 0 Å². The summed E-state index contributed by atoms with van der Waals surface area (Å²) in [5.41, 5.74) is 11.9. The van der Waals surface area contributed by atoms with Crippen molar-refractivity contribution in [2.75, 3.05) is 0 Å². The second kappa shape index (κ2) is 7.11. The molecule has 2 saturated carbocycles. The minimum absolute atomic E-state index is 0.789. The quantitative estimate of drug-likeness (QED) is 0.401. The molecule has 6 unspecified atom stereocenters. The molecule has 0 N–H and O–H groups in total. The first-order chi connectivity index (χ1) is 13.5. The van der Waals surface area contributed by atoms with Crippen molar-refractivity contribution in [2.24, 2.45) is 35.5 Å². The molecule has 4 aliphatic carbocycles. The Morgan fingerprint density at radius 1 is 0.690 bits per heavy atom. The summed E-state index contributed by atoms with van der Waals surface area (Å²) in [6.45, 7) is 25.3. The van der Waals surface area contributed by atoms with E-state index >= 15 is 0 Å². The van der Waals surface area contributed by atoms with Crippen LogP contribution in [0.1, 0.15) is 68.2 Å². The molecule has 0 radical (unpaired) electrons. The maximum absolute atomic E-state index is 2.79. The Hall–Kier alpha value is -0.823. The summed E-state index contributed by atoms with van der Waals surface area (Å²) >= 11 is 0. The molecule has 4 rings (SSSR count). The summed E-state index contributed by atoms with van der Waals surface area (Å²) in [5, 5.41) is 0. The van der Waals surface area contributed by atoms with Crippen molar-refractivity contribution >= 4 is 8.07 Å². The fourth-order valence-corrected chi connectivity index (χ4v) is 14.6. The highest BCUT2D eigenvalue weighted by Gasteiger charge is 2.59. The average molecular weight is 409 g/mol. The molecular formula is C28H44Si. The van der Waals surface area contributed by atoms with Gasteiger partial charge in [0.2, 0.25) is 0 Å². The summed E-state index contributed by atoms with van der Waals surface area (Å²) in [6.07, 6.45) is 7.79. The minimum atomic E-state index is -1.48. The van der Waals surface area contributed by atoms with Crippen LogP contribution >= 0.6 is 0 Å². The van der Waals surface area contributed by atoms with Gasteiger partial charge in [0.1, 0.15) is 0 Å². The first-order valence-corrected chi connectivity index (χ1v) is 15.4. The molecule has 0 aromatic carbocycles. The molecule has 1 heteroatoms. The lowest BCUT2D eigenvalue weighted by Crippen LogP contribution is -2.45. The van der Waals surface area contributed by atoms with E-state index in [1.165, 1.54) is 12.8 Å². The van der Waals surface area contributed by atoms with E-state index in [4.69, 9.17) is 0 Å². The van der Waals surface area contributed by atoms with Gasteiger partial charge in [0.05, 0.1) is 8.07 Å². The van der Waals surface area contributed by atoms with Gasteiger partial charge >= 0.3 is 0 Å². The van der Waals surface area contributed by atoms with Crippen molar-refractivity contribution in [1.82, 2.24) is 0 Å². The molecule has 0 bridgehead atoms. The van der Waals surface area contributed by atoms with Gasteiger partial charge in [0, 0.05) is 0 Å². The van der Waals surface area contributed by atoms with E-state index in [0.717, 1.165) is 46.6 Å². The fourth-order valence-electron chi connectivity index (χ4n) is 8.71. The molecule has 8 atom stereocenters. The summed E-state index contributed by atoms with van der Waals surface area (Å²) in [7, 11) is -1.48. The second-order valence-corrected chi connectivity index (χ2v) is 16.9. The third kappa shape index (κ3) is 2.89. The Morgan fingerprint density at radius 3 is 1.86 bits per heavy atom. The number of rotatable bonds is 2. The Balaban J connectivity index is 1.74.